The Morgan fingerprint density at radius 1 is 1.61 bits per heavy atom. The van der Waals surface area contributed by atoms with Crippen molar-refractivity contribution in [3.63, 3.8) is 0 Å². The van der Waals surface area contributed by atoms with Crippen LogP contribution in [0.25, 0.3) is 0 Å². The number of ether oxygens (including phenoxy) is 1. The number of methoxy groups -OCH3 is 1. The molecular formula is C12H21N5O. The summed E-state index contributed by atoms with van der Waals surface area (Å²) in [5.41, 5.74) is 3.70. The lowest BCUT2D eigenvalue weighted by molar-refractivity contribution is 0.179. The van der Waals surface area contributed by atoms with Crippen LogP contribution in [0.4, 0.5) is 0 Å². The van der Waals surface area contributed by atoms with Crippen LogP contribution in [-0.4, -0.2) is 37.2 Å². The van der Waals surface area contributed by atoms with Gasteiger partial charge in [0.2, 0.25) is 5.96 Å². The number of hydrogen-bond acceptors (Lipinski definition) is 4. The number of nitrogens with zero attached hydrogens (tertiary/aromatic N) is 2. The highest BCUT2D eigenvalue weighted by Crippen LogP contribution is 1.96. The Hall–Kier alpha value is -1.66. The molecule has 18 heavy (non-hydrogen) atoms. The number of guanidine groups is 1. The lowest BCUT2D eigenvalue weighted by Crippen LogP contribution is -2.47. The predicted octanol–water partition coefficient (Wildman–Crippen LogP) is 0.0679. The Kier molecular flexibility index (Phi) is 6.75. The van der Waals surface area contributed by atoms with E-state index in [1.54, 1.807) is 13.3 Å². The molecule has 0 bridgehead atoms. The molecule has 100 valence electrons. The highest BCUT2D eigenvalue weighted by Gasteiger charge is 2.03. The molecule has 0 aliphatic heterocycles. The van der Waals surface area contributed by atoms with Crippen LogP contribution in [0.3, 0.4) is 0 Å². The highest BCUT2D eigenvalue weighted by molar-refractivity contribution is 5.79. The molecular weight excluding hydrogens is 230 g/mol. The second-order valence-corrected chi connectivity index (χ2v) is 3.99. The van der Waals surface area contributed by atoms with Crippen LogP contribution in [0.5, 0.6) is 0 Å². The number of aliphatic imine (C=N–C) groups is 1. The van der Waals surface area contributed by atoms with Gasteiger partial charge in [-0.15, -0.1) is 0 Å². The number of pyridine rings is 1. The quantitative estimate of drug-likeness (QED) is 0.288. The summed E-state index contributed by atoms with van der Waals surface area (Å²) in [6.45, 7) is 3.25. The van der Waals surface area contributed by atoms with Gasteiger partial charge in [-0.3, -0.25) is 15.4 Å². The first-order valence-electron chi connectivity index (χ1n) is 5.91. The summed E-state index contributed by atoms with van der Waals surface area (Å²) < 4.78 is 5.03. The molecule has 1 aromatic rings. The monoisotopic (exact) mass is 251 g/mol. The van der Waals surface area contributed by atoms with Crippen molar-refractivity contribution in [2.24, 2.45) is 10.8 Å². The zero-order chi connectivity index (χ0) is 13.2. The first-order chi connectivity index (χ1) is 8.76. The fraction of sp³-hybridized carbons (Fsp3) is 0.500. The minimum absolute atomic E-state index is 0.156. The molecule has 6 nitrogen and oxygen atoms in total. The summed E-state index contributed by atoms with van der Waals surface area (Å²) in [6.07, 6.45) is 4.43. The van der Waals surface area contributed by atoms with Crippen LogP contribution in [0.15, 0.2) is 29.5 Å². The lowest BCUT2D eigenvalue weighted by Gasteiger charge is -2.15. The van der Waals surface area contributed by atoms with Crippen LogP contribution in [0.2, 0.25) is 0 Å². The summed E-state index contributed by atoms with van der Waals surface area (Å²) in [5, 5.41) is 3.13. The molecule has 0 amide bonds. The van der Waals surface area contributed by atoms with Gasteiger partial charge in [-0.25, -0.2) is 5.84 Å². The lowest BCUT2D eigenvalue weighted by atomic mass is 10.2. The Morgan fingerprint density at radius 2 is 2.44 bits per heavy atom. The molecule has 6 heteroatoms. The van der Waals surface area contributed by atoms with Gasteiger partial charge in [0.1, 0.15) is 0 Å². The first-order valence-corrected chi connectivity index (χ1v) is 5.91. The van der Waals surface area contributed by atoms with E-state index in [0.717, 1.165) is 12.0 Å². The SMILES string of the molecule is COCC(C)NC(=NCCc1cccnc1)NN. The maximum Gasteiger partial charge on any atom is 0.206 e. The van der Waals surface area contributed by atoms with Crippen LogP contribution >= 0.6 is 0 Å². The molecule has 0 saturated carbocycles. The summed E-state index contributed by atoms with van der Waals surface area (Å²) in [7, 11) is 1.66. The molecule has 0 spiro atoms. The molecule has 0 saturated heterocycles. The van der Waals surface area contributed by atoms with Crippen molar-refractivity contribution in [2.75, 3.05) is 20.3 Å². The van der Waals surface area contributed by atoms with E-state index < -0.39 is 0 Å². The van der Waals surface area contributed by atoms with E-state index in [0.29, 0.717) is 19.1 Å². The molecule has 0 aromatic carbocycles. The summed E-state index contributed by atoms with van der Waals surface area (Å²) in [6, 6.07) is 4.10. The molecule has 1 rings (SSSR count). The average Bonchev–Trinajstić information content (AvgIpc) is 2.39. The number of rotatable bonds is 6. The minimum Gasteiger partial charge on any atom is -0.383 e. The molecule has 1 atom stereocenters. The number of aromatic nitrogens is 1. The van der Waals surface area contributed by atoms with E-state index >= 15 is 0 Å². The highest BCUT2D eigenvalue weighted by atomic mass is 16.5. The molecule has 0 fully saturated rings. The van der Waals surface area contributed by atoms with E-state index in [2.05, 4.69) is 20.7 Å². The van der Waals surface area contributed by atoms with Crippen LogP contribution < -0.4 is 16.6 Å². The summed E-state index contributed by atoms with van der Waals surface area (Å²) in [5.74, 6) is 5.97. The van der Waals surface area contributed by atoms with Gasteiger partial charge in [-0.05, 0) is 25.0 Å². The van der Waals surface area contributed by atoms with Gasteiger partial charge >= 0.3 is 0 Å². The number of nitrogens with one attached hydrogen (secondary N) is 2. The van der Waals surface area contributed by atoms with Crippen LogP contribution in [0.1, 0.15) is 12.5 Å². The first kappa shape index (κ1) is 14.4. The molecule has 0 radical (unpaired) electrons. The second-order valence-electron chi connectivity index (χ2n) is 3.99. The van der Waals surface area contributed by atoms with Gasteiger partial charge in [0.15, 0.2) is 0 Å². The van der Waals surface area contributed by atoms with Gasteiger partial charge in [0.05, 0.1) is 6.61 Å². The molecule has 1 heterocycles. The van der Waals surface area contributed by atoms with Crippen LogP contribution in [-0.2, 0) is 11.2 Å². The Labute approximate surface area is 108 Å². The van der Waals surface area contributed by atoms with Crippen molar-refractivity contribution in [3.05, 3.63) is 30.1 Å². The Bertz CT molecular complexity index is 355. The largest absolute Gasteiger partial charge is 0.383 e. The van der Waals surface area contributed by atoms with Crippen molar-refractivity contribution in [2.45, 2.75) is 19.4 Å². The van der Waals surface area contributed by atoms with Gasteiger partial charge in [0.25, 0.3) is 0 Å². The second kappa shape index (κ2) is 8.43. The number of nitrogens with two attached hydrogens (primary N) is 1. The fourth-order valence-electron chi connectivity index (χ4n) is 1.50. The Morgan fingerprint density at radius 3 is 3.06 bits per heavy atom. The Balaban J connectivity index is 2.38. The van der Waals surface area contributed by atoms with Gasteiger partial charge in [-0.2, -0.15) is 0 Å². The van der Waals surface area contributed by atoms with Crippen LogP contribution in [0, 0.1) is 0 Å². The maximum absolute atomic E-state index is 5.40. The van der Waals surface area contributed by atoms with Crippen molar-refractivity contribution >= 4 is 5.96 Å². The number of hydrogen-bond donors (Lipinski definition) is 3. The average molecular weight is 251 g/mol. The zero-order valence-electron chi connectivity index (χ0n) is 10.9. The van der Waals surface area contributed by atoms with Crippen molar-refractivity contribution < 1.29 is 4.74 Å². The molecule has 4 N–H and O–H groups in total. The number of hydrazine groups is 1. The summed E-state index contributed by atoms with van der Waals surface area (Å²) in [4.78, 5) is 8.40. The van der Waals surface area contributed by atoms with E-state index in [9.17, 15) is 0 Å². The minimum atomic E-state index is 0.156. The van der Waals surface area contributed by atoms with Crippen molar-refractivity contribution in [1.29, 1.82) is 0 Å². The molecule has 0 aliphatic carbocycles. The van der Waals surface area contributed by atoms with Crippen molar-refractivity contribution in [1.82, 2.24) is 15.7 Å². The topological polar surface area (TPSA) is 84.6 Å². The van der Waals surface area contributed by atoms with E-state index in [4.69, 9.17) is 10.6 Å². The van der Waals surface area contributed by atoms with Gasteiger partial charge in [0, 0.05) is 32.1 Å². The summed E-state index contributed by atoms with van der Waals surface area (Å²) >= 11 is 0. The maximum atomic E-state index is 5.40. The smallest absolute Gasteiger partial charge is 0.206 e. The van der Waals surface area contributed by atoms with E-state index in [1.165, 1.54) is 0 Å². The normalized spacial score (nSPS) is 13.2. The zero-order valence-corrected chi connectivity index (χ0v) is 10.9. The third kappa shape index (κ3) is 5.60. The standard InChI is InChI=1S/C12H21N5O/c1-10(9-18-2)16-12(17-13)15-7-5-11-4-3-6-14-8-11/h3-4,6,8,10H,5,7,9,13H2,1-2H3,(H2,15,16,17). The third-order valence-corrected chi connectivity index (χ3v) is 2.33. The van der Waals surface area contributed by atoms with Crippen molar-refractivity contribution in [3.8, 4) is 0 Å². The van der Waals surface area contributed by atoms with E-state index in [1.807, 2.05) is 25.3 Å². The van der Waals surface area contributed by atoms with Gasteiger partial charge in [-0.1, -0.05) is 6.07 Å². The molecule has 0 aliphatic rings. The molecule has 1 unspecified atom stereocenters. The predicted molar refractivity (Wildman–Crippen MR) is 72.0 cm³/mol. The fourth-order valence-corrected chi connectivity index (χ4v) is 1.50. The molecule has 1 aromatic heterocycles. The van der Waals surface area contributed by atoms with Gasteiger partial charge < -0.3 is 10.1 Å². The van der Waals surface area contributed by atoms with E-state index in [-0.39, 0.29) is 6.04 Å². The third-order valence-electron chi connectivity index (χ3n) is 2.33.